The summed E-state index contributed by atoms with van der Waals surface area (Å²) in [7, 11) is 0. The number of aryl methyl sites for hydroxylation is 2. The summed E-state index contributed by atoms with van der Waals surface area (Å²) < 4.78 is 21.2. The second-order valence-corrected chi connectivity index (χ2v) is 6.47. The Morgan fingerprint density at radius 1 is 1.10 bits per heavy atom. The van der Waals surface area contributed by atoms with E-state index >= 15 is 0 Å². The third-order valence-electron chi connectivity index (χ3n) is 4.23. The maximum Gasteiger partial charge on any atom is 0.378 e. The Kier molecular flexibility index (Phi) is 4.63. The molecular weight excluding hydrogens is 377 g/mol. The standard InChI is InChI=1S/C20H16FN5O3/c1-12-3-8-17-23-15(9-18(27)25(17)10-12)11-29-20(28)19-22-13(2)26(24-19)16-6-4-14(21)5-7-16/h3-10H,11H2,1-2H3. The van der Waals surface area contributed by atoms with Crippen molar-refractivity contribution >= 4 is 11.6 Å². The molecule has 8 nitrogen and oxygen atoms in total. The van der Waals surface area contributed by atoms with Crippen molar-refractivity contribution < 1.29 is 13.9 Å². The van der Waals surface area contributed by atoms with E-state index in [9.17, 15) is 14.0 Å². The van der Waals surface area contributed by atoms with Crippen molar-refractivity contribution in [1.29, 1.82) is 0 Å². The molecule has 9 heteroatoms. The Morgan fingerprint density at radius 3 is 2.62 bits per heavy atom. The molecule has 0 bridgehead atoms. The number of aromatic nitrogens is 5. The van der Waals surface area contributed by atoms with Crippen LogP contribution in [0, 0.1) is 19.7 Å². The number of ether oxygens (including phenoxy) is 1. The molecule has 0 fully saturated rings. The van der Waals surface area contributed by atoms with Crippen LogP contribution in [0.4, 0.5) is 4.39 Å². The lowest BCUT2D eigenvalue weighted by Crippen LogP contribution is -2.17. The highest BCUT2D eigenvalue weighted by atomic mass is 19.1. The Balaban J connectivity index is 1.52. The number of esters is 1. The van der Waals surface area contributed by atoms with Gasteiger partial charge >= 0.3 is 5.97 Å². The zero-order valence-electron chi connectivity index (χ0n) is 15.7. The molecule has 4 rings (SSSR count). The number of carbonyl (C=O) groups is 1. The molecule has 0 spiro atoms. The molecule has 29 heavy (non-hydrogen) atoms. The second kappa shape index (κ2) is 7.27. The molecule has 0 aliphatic heterocycles. The quantitative estimate of drug-likeness (QED) is 0.495. The molecular formula is C20H16FN5O3. The second-order valence-electron chi connectivity index (χ2n) is 6.47. The number of carbonyl (C=O) groups excluding carboxylic acids is 1. The van der Waals surface area contributed by atoms with Crippen LogP contribution in [0.25, 0.3) is 11.3 Å². The van der Waals surface area contributed by atoms with Gasteiger partial charge in [0.15, 0.2) is 0 Å². The average molecular weight is 393 g/mol. The molecule has 4 aromatic rings. The lowest BCUT2D eigenvalue weighted by molar-refractivity contribution is 0.0453. The predicted molar refractivity (Wildman–Crippen MR) is 101 cm³/mol. The zero-order chi connectivity index (χ0) is 20.5. The summed E-state index contributed by atoms with van der Waals surface area (Å²) in [4.78, 5) is 33.0. The number of rotatable bonds is 4. The van der Waals surface area contributed by atoms with Crippen LogP contribution in [0.2, 0.25) is 0 Å². The zero-order valence-corrected chi connectivity index (χ0v) is 15.7. The molecule has 3 aromatic heterocycles. The van der Waals surface area contributed by atoms with E-state index < -0.39 is 5.97 Å². The summed E-state index contributed by atoms with van der Waals surface area (Å²) in [5.74, 6) is -0.819. The summed E-state index contributed by atoms with van der Waals surface area (Å²) in [6.07, 6.45) is 1.69. The fourth-order valence-corrected chi connectivity index (χ4v) is 2.84. The normalized spacial score (nSPS) is 11.0. The van der Waals surface area contributed by atoms with Gasteiger partial charge in [0.1, 0.15) is 23.9 Å². The van der Waals surface area contributed by atoms with Gasteiger partial charge in [0.2, 0.25) is 0 Å². The van der Waals surface area contributed by atoms with Gasteiger partial charge in [0.25, 0.3) is 11.4 Å². The molecule has 0 radical (unpaired) electrons. The Bertz CT molecular complexity index is 1280. The number of pyridine rings is 1. The summed E-state index contributed by atoms with van der Waals surface area (Å²) in [5.41, 5.74) is 2.01. The summed E-state index contributed by atoms with van der Waals surface area (Å²) >= 11 is 0. The van der Waals surface area contributed by atoms with Crippen molar-refractivity contribution in [2.45, 2.75) is 20.5 Å². The van der Waals surface area contributed by atoms with E-state index in [4.69, 9.17) is 4.74 Å². The van der Waals surface area contributed by atoms with Crippen LogP contribution in [0.1, 0.15) is 27.7 Å². The Hall–Kier alpha value is -3.88. The first-order valence-corrected chi connectivity index (χ1v) is 8.76. The van der Waals surface area contributed by atoms with Gasteiger partial charge in [-0.05, 0) is 49.7 Å². The smallest absolute Gasteiger partial charge is 0.378 e. The molecule has 0 amide bonds. The van der Waals surface area contributed by atoms with Crippen molar-refractivity contribution in [2.75, 3.05) is 0 Å². The van der Waals surface area contributed by atoms with Gasteiger partial charge in [-0.25, -0.2) is 23.8 Å². The predicted octanol–water partition coefficient (Wildman–Crippen LogP) is 2.39. The summed E-state index contributed by atoms with van der Waals surface area (Å²) in [6.45, 7) is 3.35. The van der Waals surface area contributed by atoms with Gasteiger partial charge in [-0.3, -0.25) is 9.20 Å². The maximum atomic E-state index is 13.1. The summed E-state index contributed by atoms with van der Waals surface area (Å²) in [6, 6.07) is 10.5. The number of halogens is 1. The van der Waals surface area contributed by atoms with Gasteiger partial charge in [0, 0.05) is 12.3 Å². The van der Waals surface area contributed by atoms with Gasteiger partial charge < -0.3 is 4.74 Å². The number of benzene rings is 1. The van der Waals surface area contributed by atoms with E-state index in [1.54, 1.807) is 19.2 Å². The molecule has 0 saturated heterocycles. The first-order chi connectivity index (χ1) is 13.9. The van der Waals surface area contributed by atoms with Crippen LogP contribution >= 0.6 is 0 Å². The van der Waals surface area contributed by atoms with Crippen molar-refractivity contribution in [3.05, 3.63) is 87.7 Å². The van der Waals surface area contributed by atoms with Crippen molar-refractivity contribution in [3.8, 4) is 5.69 Å². The van der Waals surface area contributed by atoms with Crippen LogP contribution in [0.15, 0.2) is 53.5 Å². The lowest BCUT2D eigenvalue weighted by Gasteiger charge is -2.05. The Morgan fingerprint density at radius 2 is 1.86 bits per heavy atom. The van der Waals surface area contributed by atoms with Gasteiger partial charge in [0.05, 0.1) is 11.4 Å². The molecule has 146 valence electrons. The van der Waals surface area contributed by atoms with Crippen molar-refractivity contribution in [3.63, 3.8) is 0 Å². The molecule has 0 N–H and O–H groups in total. The minimum atomic E-state index is -0.750. The first-order valence-electron chi connectivity index (χ1n) is 8.76. The third kappa shape index (κ3) is 3.75. The molecule has 0 aliphatic carbocycles. The van der Waals surface area contributed by atoms with E-state index in [0.29, 0.717) is 22.9 Å². The fraction of sp³-hybridized carbons (Fsp3) is 0.150. The number of hydrogen-bond donors (Lipinski definition) is 0. The molecule has 0 unspecified atom stereocenters. The molecule has 3 heterocycles. The summed E-state index contributed by atoms with van der Waals surface area (Å²) in [5, 5.41) is 4.12. The van der Waals surface area contributed by atoms with E-state index in [1.807, 2.05) is 13.0 Å². The van der Waals surface area contributed by atoms with Gasteiger partial charge in [-0.2, -0.15) is 0 Å². The topological polar surface area (TPSA) is 91.4 Å². The highest BCUT2D eigenvalue weighted by molar-refractivity contribution is 5.85. The maximum absolute atomic E-state index is 13.1. The van der Waals surface area contributed by atoms with Crippen molar-refractivity contribution in [1.82, 2.24) is 24.1 Å². The monoisotopic (exact) mass is 393 g/mol. The van der Waals surface area contributed by atoms with E-state index in [0.717, 1.165) is 5.56 Å². The molecule has 0 atom stereocenters. The van der Waals surface area contributed by atoms with Crippen molar-refractivity contribution in [2.24, 2.45) is 0 Å². The number of fused-ring (bicyclic) bond motifs is 1. The number of nitrogens with zero attached hydrogens (tertiary/aromatic N) is 5. The first kappa shape index (κ1) is 18.5. The third-order valence-corrected chi connectivity index (χ3v) is 4.23. The fourth-order valence-electron chi connectivity index (χ4n) is 2.84. The SMILES string of the molecule is Cc1ccc2nc(COC(=O)c3nc(C)n(-c4ccc(F)cc4)n3)cc(=O)n2c1. The van der Waals surface area contributed by atoms with Crippen LogP contribution in [0.3, 0.4) is 0 Å². The molecule has 0 saturated carbocycles. The largest absolute Gasteiger partial charge is 0.453 e. The van der Waals surface area contributed by atoms with Crippen LogP contribution in [0.5, 0.6) is 0 Å². The lowest BCUT2D eigenvalue weighted by atomic mass is 10.3. The van der Waals surface area contributed by atoms with E-state index in [2.05, 4.69) is 15.1 Å². The van der Waals surface area contributed by atoms with E-state index in [1.165, 1.54) is 39.4 Å². The van der Waals surface area contributed by atoms with E-state index in [-0.39, 0.29) is 23.8 Å². The highest BCUT2D eigenvalue weighted by Crippen LogP contribution is 2.11. The minimum Gasteiger partial charge on any atom is -0.453 e. The van der Waals surface area contributed by atoms with Crippen LogP contribution < -0.4 is 5.56 Å². The van der Waals surface area contributed by atoms with Gasteiger partial charge in [-0.15, -0.1) is 5.10 Å². The average Bonchev–Trinajstić information content (AvgIpc) is 3.09. The minimum absolute atomic E-state index is 0.139. The van der Waals surface area contributed by atoms with Crippen LogP contribution in [-0.4, -0.2) is 30.1 Å². The van der Waals surface area contributed by atoms with Gasteiger partial charge in [-0.1, -0.05) is 6.07 Å². The Labute approximate surface area is 164 Å². The molecule has 1 aromatic carbocycles. The molecule has 0 aliphatic rings. The van der Waals surface area contributed by atoms with Crippen LogP contribution in [-0.2, 0) is 11.3 Å². The number of hydrogen-bond acceptors (Lipinski definition) is 6. The highest BCUT2D eigenvalue weighted by Gasteiger charge is 2.17.